The third-order valence-corrected chi connectivity index (χ3v) is 13.6. The predicted octanol–water partition coefficient (Wildman–Crippen LogP) is -3.85. The van der Waals surface area contributed by atoms with E-state index in [1.807, 2.05) is 0 Å². The van der Waals surface area contributed by atoms with Crippen molar-refractivity contribution in [2.75, 3.05) is 19.6 Å². The van der Waals surface area contributed by atoms with Crippen LogP contribution >= 0.6 is 0 Å². The number of aliphatic carboxylic acids is 3. The van der Waals surface area contributed by atoms with Crippen molar-refractivity contribution in [2.45, 2.75) is 199 Å². The minimum absolute atomic E-state index is 0.0403. The molecule has 11 atom stereocenters. The van der Waals surface area contributed by atoms with E-state index in [9.17, 15) is 72.9 Å². The van der Waals surface area contributed by atoms with Crippen molar-refractivity contribution in [1.82, 2.24) is 57.8 Å². The number of imidazole rings is 1. The van der Waals surface area contributed by atoms with Crippen LogP contribution in [-0.4, -0.2) is 182 Å². The molecule has 0 aliphatic carbocycles. The summed E-state index contributed by atoms with van der Waals surface area (Å²) in [6.45, 7) is 11.5. The lowest BCUT2D eigenvalue weighted by molar-refractivity contribution is -0.144. The first kappa shape index (κ1) is 75.0. The maximum atomic E-state index is 14.5. The Labute approximate surface area is 494 Å². The molecule has 0 saturated carbocycles. The highest BCUT2D eigenvalue weighted by Gasteiger charge is 2.37. The fourth-order valence-corrected chi connectivity index (χ4v) is 8.35. The number of unbranched alkanes of at least 4 members (excludes halogenated alkanes) is 2. The number of carbonyl (C=O) groups excluding carboxylic acids is 9. The van der Waals surface area contributed by atoms with E-state index in [1.54, 1.807) is 41.5 Å². The van der Waals surface area contributed by atoms with Gasteiger partial charge in [0.2, 0.25) is 53.2 Å². The lowest BCUT2D eigenvalue weighted by atomic mass is 9.97. The molecular formula is C53H93N17O15. The smallest absolute Gasteiger partial charge is 0.326 e. The predicted molar refractivity (Wildman–Crippen MR) is 310 cm³/mol. The van der Waals surface area contributed by atoms with E-state index in [1.165, 1.54) is 19.4 Å². The third-order valence-electron chi connectivity index (χ3n) is 13.6. The second-order valence-electron chi connectivity index (χ2n) is 21.5. The van der Waals surface area contributed by atoms with E-state index in [-0.39, 0.29) is 70.5 Å². The topological polar surface area (TPSA) is 545 Å². The van der Waals surface area contributed by atoms with Gasteiger partial charge in [0.1, 0.15) is 54.4 Å². The number of aromatic amines is 1. The number of nitrogens with two attached hydrogens (primary N) is 5. The van der Waals surface area contributed by atoms with Crippen LogP contribution in [0.2, 0.25) is 0 Å². The second-order valence-corrected chi connectivity index (χ2v) is 21.5. The highest BCUT2D eigenvalue weighted by molar-refractivity contribution is 5.99. The molecule has 1 aromatic heterocycles. The summed E-state index contributed by atoms with van der Waals surface area (Å²) >= 11 is 0. The zero-order chi connectivity index (χ0) is 64.5. The molecule has 0 radical (unpaired) electrons. The zero-order valence-electron chi connectivity index (χ0n) is 49.7. The SMILES string of the molecule is CC[C@H](C)[C@H](NC(=O)[C@@H](NC(=O)[C@H](CCC(=O)O)NC(=O)[C@H](CCCCN)NC(=O)[C@@H](NC(=O)[C@H](Cc1cnc[nH]1)NC(=O)[C@H](CCCCN)NC(=O)[C@H](CCC(=O)O)NC(=O)[C@H](CCCN=C(N)N)NC(=O)[C@H](C)N)C(C)C)C(C)C)C(=O)O. The maximum absolute atomic E-state index is 14.5. The number of carboxylic acid groups (broad SMARTS) is 3. The van der Waals surface area contributed by atoms with Gasteiger partial charge in [-0.15, -0.1) is 0 Å². The number of nitrogens with zero attached hydrogens (tertiary/aromatic N) is 2. The van der Waals surface area contributed by atoms with Crippen LogP contribution in [-0.2, 0) is 64.0 Å². The van der Waals surface area contributed by atoms with Crippen molar-refractivity contribution in [3.8, 4) is 0 Å². The molecule has 0 saturated heterocycles. The summed E-state index contributed by atoms with van der Waals surface area (Å²) in [5.74, 6) is -14.1. The second kappa shape index (κ2) is 39.5. The quantitative estimate of drug-likeness (QED) is 0.0169. The molecule has 1 rings (SSSR count). The van der Waals surface area contributed by atoms with Crippen molar-refractivity contribution >= 4 is 77.0 Å². The average Bonchev–Trinajstić information content (AvgIpc) is 4.07. The summed E-state index contributed by atoms with van der Waals surface area (Å²) in [5.41, 5.74) is 28.4. The molecule has 0 aromatic carbocycles. The molecule has 0 bridgehead atoms. The van der Waals surface area contributed by atoms with Crippen LogP contribution in [0, 0.1) is 17.8 Å². The Kier molecular flexibility index (Phi) is 34.9. The molecule has 32 nitrogen and oxygen atoms in total. The monoisotopic (exact) mass is 1210 g/mol. The number of guanidine groups is 1. The van der Waals surface area contributed by atoms with Gasteiger partial charge in [0, 0.05) is 37.7 Å². The highest BCUT2D eigenvalue weighted by atomic mass is 16.4. The molecule has 0 fully saturated rings. The van der Waals surface area contributed by atoms with Gasteiger partial charge in [0.05, 0.1) is 12.4 Å². The first-order valence-electron chi connectivity index (χ1n) is 28.6. The Morgan fingerprint density at radius 3 is 1.24 bits per heavy atom. The maximum Gasteiger partial charge on any atom is 0.326 e. The Balaban J connectivity index is 3.64. The first-order chi connectivity index (χ1) is 40.0. The molecule has 85 heavy (non-hydrogen) atoms. The number of aromatic nitrogens is 2. The van der Waals surface area contributed by atoms with Crippen LogP contribution < -0.4 is 76.5 Å². The molecule has 0 spiro atoms. The zero-order valence-corrected chi connectivity index (χ0v) is 49.7. The van der Waals surface area contributed by atoms with Gasteiger partial charge in [-0.1, -0.05) is 48.0 Å². The molecular weight excluding hydrogens is 1110 g/mol. The van der Waals surface area contributed by atoms with E-state index >= 15 is 0 Å². The van der Waals surface area contributed by atoms with Gasteiger partial charge in [-0.25, -0.2) is 9.78 Å². The number of amides is 9. The van der Waals surface area contributed by atoms with E-state index in [4.69, 9.17) is 28.7 Å². The van der Waals surface area contributed by atoms with Crippen molar-refractivity contribution < 1.29 is 72.9 Å². The Bertz CT molecular complexity index is 2390. The summed E-state index contributed by atoms with van der Waals surface area (Å²) in [6.07, 6.45) is 1.90. The van der Waals surface area contributed by atoms with E-state index in [0.717, 1.165) is 0 Å². The van der Waals surface area contributed by atoms with Gasteiger partial charge >= 0.3 is 17.9 Å². The van der Waals surface area contributed by atoms with Crippen LogP contribution in [0.3, 0.4) is 0 Å². The molecule has 1 heterocycles. The summed E-state index contributed by atoms with van der Waals surface area (Å²) in [5, 5.41) is 51.9. The summed E-state index contributed by atoms with van der Waals surface area (Å²) in [4.78, 5) is 172. The molecule has 23 N–H and O–H groups in total. The lowest BCUT2D eigenvalue weighted by Gasteiger charge is -2.30. The summed E-state index contributed by atoms with van der Waals surface area (Å²) < 4.78 is 0. The van der Waals surface area contributed by atoms with Crippen LogP contribution in [0.4, 0.5) is 0 Å². The van der Waals surface area contributed by atoms with Gasteiger partial charge in [-0.3, -0.25) is 57.7 Å². The van der Waals surface area contributed by atoms with E-state index in [0.29, 0.717) is 25.0 Å². The average molecular weight is 1210 g/mol. The number of H-pyrrole nitrogens is 1. The van der Waals surface area contributed by atoms with E-state index < -0.39 is 175 Å². The van der Waals surface area contributed by atoms with Crippen LogP contribution in [0.1, 0.15) is 138 Å². The minimum Gasteiger partial charge on any atom is -0.481 e. The van der Waals surface area contributed by atoms with Crippen molar-refractivity contribution in [2.24, 2.45) is 51.4 Å². The fourth-order valence-electron chi connectivity index (χ4n) is 8.35. The van der Waals surface area contributed by atoms with Crippen LogP contribution in [0.5, 0.6) is 0 Å². The molecule has 1 aromatic rings. The third kappa shape index (κ3) is 28.9. The van der Waals surface area contributed by atoms with Gasteiger partial charge < -0.3 is 96.8 Å². The van der Waals surface area contributed by atoms with Crippen LogP contribution in [0.15, 0.2) is 17.5 Å². The number of rotatable bonds is 43. The van der Waals surface area contributed by atoms with E-state index in [2.05, 4.69) is 62.8 Å². The number of nitrogens with one attached hydrogen (secondary N) is 10. The summed E-state index contributed by atoms with van der Waals surface area (Å²) in [6, 6.07) is -13.9. The van der Waals surface area contributed by atoms with Gasteiger partial charge in [0.25, 0.3) is 0 Å². The Morgan fingerprint density at radius 2 is 0.871 bits per heavy atom. The summed E-state index contributed by atoms with van der Waals surface area (Å²) in [7, 11) is 0. The highest BCUT2D eigenvalue weighted by Crippen LogP contribution is 2.14. The number of hydrogen-bond donors (Lipinski definition) is 18. The lowest BCUT2D eigenvalue weighted by Crippen LogP contribution is -2.61. The van der Waals surface area contributed by atoms with Crippen molar-refractivity contribution in [3.05, 3.63) is 18.2 Å². The number of carboxylic acids is 3. The normalized spacial score (nSPS) is 15.1. The largest absolute Gasteiger partial charge is 0.481 e. The van der Waals surface area contributed by atoms with Gasteiger partial charge in [-0.05, 0) is 102 Å². The van der Waals surface area contributed by atoms with Gasteiger partial charge in [0.15, 0.2) is 5.96 Å². The molecule has 0 aliphatic heterocycles. The van der Waals surface area contributed by atoms with Gasteiger partial charge in [-0.2, -0.15) is 0 Å². The molecule has 32 heteroatoms. The Hall–Kier alpha value is -8.00. The number of aliphatic imine (C=N–C) groups is 1. The number of hydrogen-bond acceptors (Lipinski definition) is 17. The number of carbonyl (C=O) groups is 12. The Morgan fingerprint density at radius 1 is 0.506 bits per heavy atom. The molecule has 0 unspecified atom stereocenters. The molecule has 480 valence electrons. The van der Waals surface area contributed by atoms with Crippen LogP contribution in [0.25, 0.3) is 0 Å². The standard InChI is InChI=1S/C53H93N17O15/c1-8-29(6)42(52(84)85)70-51(83)41(28(4)5)68-48(80)36(18-20-39(73)74)65-44(76)33(15-10-12-22-55)66-50(82)40(27(2)3)69-49(81)37(24-31-25-59-26-61-31)67-46(78)32(14-9-11-21-54)63-47(79)35(17-19-38(71)72)64-45(77)34(62-43(75)30(7)56)16-13-23-60-53(57)58/h25-30,32-37,40-42H,8-24,54-56H2,1-7H3,(H,59,61)(H,62,75)(H,63,79)(H,64,77)(H,65,76)(H,66,82)(H,67,78)(H,68,80)(H,69,81)(H,70,83)(H,71,72)(H,73,74)(H,84,85)(H4,57,58,60)/t29-,30-,32-,33-,34-,35-,36-,37-,40-,41-,42-/m0/s1. The first-order valence-corrected chi connectivity index (χ1v) is 28.6. The minimum atomic E-state index is -1.59. The molecule has 0 aliphatic rings. The fraction of sp³-hybridized carbons (Fsp3) is 0.698. The molecule has 9 amide bonds. The van der Waals surface area contributed by atoms with Crippen molar-refractivity contribution in [3.63, 3.8) is 0 Å². The van der Waals surface area contributed by atoms with Crippen molar-refractivity contribution in [1.29, 1.82) is 0 Å².